The number of alkyl halides is 1. The maximum absolute atomic E-state index is 13.8. The summed E-state index contributed by atoms with van der Waals surface area (Å²) < 4.78 is 18.5. The minimum atomic E-state index is -0.528. The smallest absolute Gasteiger partial charge is 0.151 e. The number of hydrazine groups is 2. The van der Waals surface area contributed by atoms with Gasteiger partial charge in [0.2, 0.25) is 0 Å². The maximum Gasteiger partial charge on any atom is 0.151 e. The molecule has 4 aliphatic carbocycles. The molecule has 4 saturated carbocycles. The first-order valence-corrected chi connectivity index (χ1v) is 15.1. The second-order valence-electron chi connectivity index (χ2n) is 13.2. The van der Waals surface area contributed by atoms with Gasteiger partial charge in [0.1, 0.15) is 6.67 Å². The van der Waals surface area contributed by atoms with E-state index in [-0.39, 0.29) is 11.3 Å². The van der Waals surface area contributed by atoms with E-state index in [1.807, 2.05) is 19.2 Å². The summed E-state index contributed by atoms with van der Waals surface area (Å²) in [6, 6.07) is 0. The Balaban J connectivity index is 1.44. The van der Waals surface area contributed by atoms with Gasteiger partial charge in [-0.25, -0.2) is 9.40 Å². The fraction of sp³-hybridized carbons (Fsp3) is 0.781. The summed E-state index contributed by atoms with van der Waals surface area (Å²) in [4.78, 5) is 13.8. The molecule has 0 aliphatic heterocycles. The highest BCUT2D eigenvalue weighted by atomic mass is 19.1. The highest BCUT2D eigenvalue weighted by Crippen LogP contribution is 2.67. The van der Waals surface area contributed by atoms with E-state index in [9.17, 15) is 9.18 Å². The van der Waals surface area contributed by atoms with Crippen molar-refractivity contribution in [3.63, 3.8) is 0 Å². The van der Waals surface area contributed by atoms with Gasteiger partial charge in [-0.1, -0.05) is 45.4 Å². The summed E-state index contributed by atoms with van der Waals surface area (Å²) in [6.07, 6.45) is 19.1. The number of nitrogens with zero attached hydrogens (tertiary/aromatic N) is 1. The predicted molar refractivity (Wildman–Crippen MR) is 153 cm³/mol. The van der Waals surface area contributed by atoms with Gasteiger partial charge in [-0.15, -0.1) is 0 Å². The predicted octanol–water partition coefficient (Wildman–Crippen LogP) is 6.40. The second kappa shape index (κ2) is 12.8. The molecule has 0 aromatic heterocycles. The van der Waals surface area contributed by atoms with Crippen molar-refractivity contribution < 1.29 is 13.9 Å². The van der Waals surface area contributed by atoms with Gasteiger partial charge in [0.05, 0.1) is 13.2 Å². The summed E-state index contributed by atoms with van der Waals surface area (Å²) in [5.74, 6) is 4.23. The van der Waals surface area contributed by atoms with E-state index in [1.165, 1.54) is 57.4 Å². The van der Waals surface area contributed by atoms with Crippen LogP contribution in [0.2, 0.25) is 0 Å². The van der Waals surface area contributed by atoms with Crippen molar-refractivity contribution in [2.24, 2.45) is 46.3 Å². The third kappa shape index (κ3) is 5.83. The number of hydrogen-bond donors (Lipinski definition) is 2. The van der Waals surface area contributed by atoms with E-state index in [0.29, 0.717) is 29.4 Å². The molecule has 8 atom stereocenters. The molecule has 8 unspecified atom stereocenters. The standard InChI is InChI=1S/C32H52FN3O2/c1-6-9-25(10-8-19-33)34-35-36(4)21-30(37)29-12-7-11-27-26-14-13-24-20-23(2)15-18-32(24,22-38-5)28(26)16-17-31(27,29)3/h6,8-10,23-24,26-29,34-35H,1,7,11-22H2,2-5H3/b10-8-,25-9+. The van der Waals surface area contributed by atoms with Crippen LogP contribution in [0.5, 0.6) is 0 Å². The van der Waals surface area contributed by atoms with Crippen LogP contribution < -0.4 is 11.0 Å². The largest absolute Gasteiger partial charge is 0.384 e. The first kappa shape index (κ1) is 29.5. The number of hydrogen-bond acceptors (Lipinski definition) is 5. The van der Waals surface area contributed by atoms with E-state index in [2.05, 4.69) is 31.4 Å². The number of ether oxygens (including phenoxy) is 1. The number of rotatable bonds is 11. The molecule has 4 fully saturated rings. The third-order valence-corrected chi connectivity index (χ3v) is 11.1. The molecule has 0 bridgehead atoms. The molecule has 4 aliphatic rings. The van der Waals surface area contributed by atoms with Crippen molar-refractivity contribution in [3.8, 4) is 0 Å². The number of fused-ring (bicyclic) bond motifs is 5. The van der Waals surface area contributed by atoms with Crippen LogP contribution in [-0.2, 0) is 9.53 Å². The number of methoxy groups -OCH3 is 1. The molecule has 5 nitrogen and oxygen atoms in total. The van der Waals surface area contributed by atoms with Crippen LogP contribution >= 0.6 is 0 Å². The molecule has 0 saturated heterocycles. The molecule has 0 heterocycles. The maximum atomic E-state index is 13.8. The number of Topliss-reactive ketones (excluding diaryl/α,β-unsaturated/α-hetero) is 1. The Kier molecular flexibility index (Phi) is 9.92. The molecule has 214 valence electrons. The van der Waals surface area contributed by atoms with Crippen LogP contribution in [0, 0.1) is 46.3 Å². The van der Waals surface area contributed by atoms with Crippen molar-refractivity contribution in [2.75, 3.05) is 34.0 Å². The fourth-order valence-electron chi connectivity index (χ4n) is 9.52. The number of nitrogens with one attached hydrogen (secondary N) is 2. The quantitative estimate of drug-likeness (QED) is 0.239. The van der Waals surface area contributed by atoms with Gasteiger partial charge < -0.3 is 10.2 Å². The summed E-state index contributed by atoms with van der Waals surface area (Å²) in [6.45, 7) is 9.34. The van der Waals surface area contributed by atoms with Gasteiger partial charge in [0, 0.05) is 25.8 Å². The van der Waals surface area contributed by atoms with E-state index >= 15 is 0 Å². The fourth-order valence-corrected chi connectivity index (χ4v) is 9.52. The van der Waals surface area contributed by atoms with Crippen LogP contribution in [0.4, 0.5) is 4.39 Å². The molecule has 0 aromatic rings. The van der Waals surface area contributed by atoms with Crippen LogP contribution in [-0.4, -0.2) is 44.8 Å². The highest BCUT2D eigenvalue weighted by molar-refractivity contribution is 5.83. The molecule has 6 heteroatoms. The summed E-state index contributed by atoms with van der Waals surface area (Å²) in [5, 5.41) is 1.81. The topological polar surface area (TPSA) is 53.6 Å². The Morgan fingerprint density at radius 1 is 1.16 bits per heavy atom. The van der Waals surface area contributed by atoms with Crippen molar-refractivity contribution in [1.82, 2.24) is 16.0 Å². The number of halogens is 1. The summed E-state index contributed by atoms with van der Waals surface area (Å²) in [5.41, 5.74) is 7.28. The molecule has 0 amide bonds. The van der Waals surface area contributed by atoms with Crippen molar-refractivity contribution >= 4 is 5.78 Å². The average molecular weight is 530 g/mol. The van der Waals surface area contributed by atoms with Crippen LogP contribution in [0.3, 0.4) is 0 Å². The summed E-state index contributed by atoms with van der Waals surface area (Å²) >= 11 is 0. The molecule has 2 N–H and O–H groups in total. The van der Waals surface area contributed by atoms with E-state index in [1.54, 1.807) is 18.2 Å². The molecule has 0 aromatic carbocycles. The number of carbonyl (C=O) groups excluding carboxylic acids is 1. The SMILES string of the molecule is C=C/C=C(\C=C/CF)NNN(C)CC(=O)C1CCCC2C3CCC4CC(C)CCC4(COC)C3CCC12C. The number of carbonyl (C=O) groups is 1. The summed E-state index contributed by atoms with van der Waals surface area (Å²) in [7, 11) is 3.79. The molecular weight excluding hydrogens is 477 g/mol. The van der Waals surface area contributed by atoms with Crippen LogP contribution in [0.25, 0.3) is 0 Å². The van der Waals surface area contributed by atoms with Gasteiger partial charge in [-0.3, -0.25) is 4.79 Å². The van der Waals surface area contributed by atoms with Gasteiger partial charge in [0.25, 0.3) is 0 Å². The van der Waals surface area contributed by atoms with Gasteiger partial charge in [0.15, 0.2) is 5.78 Å². The molecular formula is C32H52FN3O2. The van der Waals surface area contributed by atoms with Crippen molar-refractivity contribution in [2.45, 2.75) is 78.1 Å². The van der Waals surface area contributed by atoms with Crippen molar-refractivity contribution in [1.29, 1.82) is 0 Å². The monoisotopic (exact) mass is 529 g/mol. The van der Waals surface area contributed by atoms with E-state index < -0.39 is 6.67 Å². The molecule has 0 spiro atoms. The van der Waals surface area contributed by atoms with Gasteiger partial charge >= 0.3 is 0 Å². The Bertz CT molecular complexity index is 890. The Labute approximate surface area is 230 Å². The average Bonchev–Trinajstić information content (AvgIpc) is 2.89. The number of allylic oxidation sites excluding steroid dienone is 4. The third-order valence-electron chi connectivity index (χ3n) is 11.1. The Morgan fingerprint density at radius 3 is 2.71 bits per heavy atom. The number of likely N-dealkylation sites (N-methyl/N-ethyl adjacent to an activating group) is 1. The zero-order valence-corrected chi connectivity index (χ0v) is 24.3. The first-order valence-electron chi connectivity index (χ1n) is 15.1. The lowest BCUT2D eigenvalue weighted by atomic mass is 9.41. The number of ketones is 1. The second-order valence-corrected chi connectivity index (χ2v) is 13.2. The van der Waals surface area contributed by atoms with E-state index in [0.717, 1.165) is 43.1 Å². The highest BCUT2D eigenvalue weighted by Gasteiger charge is 2.61. The Morgan fingerprint density at radius 2 is 1.97 bits per heavy atom. The zero-order valence-electron chi connectivity index (χ0n) is 24.3. The molecule has 38 heavy (non-hydrogen) atoms. The van der Waals surface area contributed by atoms with E-state index in [4.69, 9.17) is 4.74 Å². The lowest BCUT2D eigenvalue weighted by Gasteiger charge is -2.64. The molecule has 4 rings (SSSR count). The van der Waals surface area contributed by atoms with Gasteiger partial charge in [-0.2, -0.15) is 5.53 Å². The van der Waals surface area contributed by atoms with Crippen molar-refractivity contribution in [3.05, 3.63) is 36.6 Å². The van der Waals surface area contributed by atoms with Crippen LogP contribution in [0.15, 0.2) is 36.6 Å². The Hall–Kier alpha value is -1.50. The lowest BCUT2D eigenvalue weighted by molar-refractivity contribution is -0.173. The molecule has 0 radical (unpaired) electrons. The normalized spacial score (nSPS) is 39.4. The minimum Gasteiger partial charge on any atom is -0.384 e. The first-order chi connectivity index (χ1) is 18.3. The zero-order chi connectivity index (χ0) is 27.3. The lowest BCUT2D eigenvalue weighted by Crippen LogP contribution is -2.59. The van der Waals surface area contributed by atoms with Crippen LogP contribution in [0.1, 0.15) is 78.1 Å². The van der Waals surface area contributed by atoms with Gasteiger partial charge in [-0.05, 0) is 104 Å². The minimum absolute atomic E-state index is 0.0889.